The summed E-state index contributed by atoms with van der Waals surface area (Å²) in [5.74, 6) is 1.81. The van der Waals surface area contributed by atoms with Crippen LogP contribution in [0.15, 0.2) is 47.6 Å². The lowest BCUT2D eigenvalue weighted by Gasteiger charge is -2.26. The summed E-state index contributed by atoms with van der Waals surface area (Å²) in [5.41, 5.74) is 3.37. The van der Waals surface area contributed by atoms with Gasteiger partial charge in [-0.1, -0.05) is 23.9 Å². The zero-order valence-corrected chi connectivity index (χ0v) is 21.6. The number of amides is 2. The summed E-state index contributed by atoms with van der Waals surface area (Å²) in [6.45, 7) is 7.46. The van der Waals surface area contributed by atoms with Crippen molar-refractivity contribution in [2.24, 2.45) is 5.10 Å². The highest BCUT2D eigenvalue weighted by Crippen LogP contribution is 2.30. The number of piperazine rings is 1. The molecular formula is C26H33N5O4S. The molecule has 2 aromatic rings. The van der Waals surface area contributed by atoms with E-state index in [1.54, 1.807) is 7.11 Å². The monoisotopic (exact) mass is 511 g/mol. The van der Waals surface area contributed by atoms with Crippen LogP contribution in [0, 0.1) is 0 Å². The molecule has 1 saturated heterocycles. The number of methoxy groups -OCH3 is 1. The number of nitrogens with zero attached hydrogens (tertiary/aromatic N) is 3. The minimum atomic E-state index is -0.0948. The third-order valence-electron chi connectivity index (χ3n) is 6.02. The van der Waals surface area contributed by atoms with Gasteiger partial charge in [-0.15, -0.1) is 0 Å². The minimum Gasteiger partial charge on any atom is -0.493 e. The summed E-state index contributed by atoms with van der Waals surface area (Å²) in [4.78, 5) is 27.2. The molecule has 0 aliphatic carbocycles. The number of nitrogens with one attached hydrogen (secondary N) is 2. The van der Waals surface area contributed by atoms with Crippen molar-refractivity contribution in [2.45, 2.75) is 19.9 Å². The highest BCUT2D eigenvalue weighted by Gasteiger charge is 2.23. The summed E-state index contributed by atoms with van der Waals surface area (Å²) in [6.07, 6.45) is 0.467. The molecule has 2 N–H and O–H groups in total. The molecule has 2 aliphatic rings. The van der Waals surface area contributed by atoms with E-state index in [9.17, 15) is 9.59 Å². The predicted octanol–water partition coefficient (Wildman–Crippen LogP) is 3.40. The number of benzene rings is 2. The number of hydrogen-bond acceptors (Lipinski definition) is 8. The largest absolute Gasteiger partial charge is 0.493 e. The predicted molar refractivity (Wildman–Crippen MR) is 143 cm³/mol. The summed E-state index contributed by atoms with van der Waals surface area (Å²) in [7, 11) is 1.61. The first-order valence-electron chi connectivity index (χ1n) is 12.2. The van der Waals surface area contributed by atoms with E-state index in [0.717, 1.165) is 55.2 Å². The molecule has 4 rings (SSSR count). The van der Waals surface area contributed by atoms with Gasteiger partial charge in [-0.05, 0) is 42.8 Å². The first kappa shape index (κ1) is 26.0. The highest BCUT2D eigenvalue weighted by atomic mass is 32.2. The van der Waals surface area contributed by atoms with Crippen LogP contribution >= 0.6 is 11.8 Å². The number of carbonyl (C=O) groups excluding carboxylic acids is 2. The van der Waals surface area contributed by atoms with E-state index in [0.29, 0.717) is 36.8 Å². The fraction of sp³-hybridized carbons (Fsp3) is 0.423. The Balaban J connectivity index is 1.36. The zero-order chi connectivity index (χ0) is 25.3. The number of ether oxygens (including phenoxy) is 2. The number of rotatable bonds is 10. The molecule has 2 aromatic carbocycles. The van der Waals surface area contributed by atoms with Crippen LogP contribution in [0.3, 0.4) is 0 Å². The molecule has 192 valence electrons. The lowest BCUT2D eigenvalue weighted by Crippen LogP contribution is -2.44. The standard InChI is InChI=1S/C26H33N5O4S/c1-3-35-24-16-20(6-9-23(24)34-2)22-18-36-26(33)31(29-22)17-19-4-7-21(8-5-19)28-25(32)10-13-30-14-11-27-12-15-30/h4-9,16,27H,3,10-15,17-18H2,1-2H3,(H,28,32). The minimum absolute atomic E-state index is 0.00375. The maximum Gasteiger partial charge on any atom is 0.302 e. The fourth-order valence-corrected chi connectivity index (χ4v) is 4.81. The molecule has 2 amide bonds. The quantitative estimate of drug-likeness (QED) is 0.505. The van der Waals surface area contributed by atoms with Gasteiger partial charge in [-0.25, -0.2) is 5.01 Å². The van der Waals surface area contributed by atoms with E-state index in [2.05, 4.69) is 20.6 Å². The van der Waals surface area contributed by atoms with Gasteiger partial charge in [0.05, 0.1) is 26.0 Å². The van der Waals surface area contributed by atoms with Crippen molar-refractivity contribution in [3.8, 4) is 11.5 Å². The molecule has 0 spiro atoms. The summed E-state index contributed by atoms with van der Waals surface area (Å²) < 4.78 is 11.1. The van der Waals surface area contributed by atoms with Gasteiger partial charge in [0.2, 0.25) is 5.91 Å². The van der Waals surface area contributed by atoms with Crippen molar-refractivity contribution in [3.63, 3.8) is 0 Å². The van der Waals surface area contributed by atoms with E-state index in [-0.39, 0.29) is 11.1 Å². The molecule has 0 atom stereocenters. The molecule has 10 heteroatoms. The summed E-state index contributed by atoms with van der Waals surface area (Å²) >= 11 is 1.23. The Morgan fingerprint density at radius 3 is 2.64 bits per heavy atom. The van der Waals surface area contributed by atoms with Crippen molar-refractivity contribution >= 4 is 34.3 Å². The molecule has 0 bridgehead atoms. The number of anilines is 1. The maximum absolute atomic E-state index is 12.5. The maximum atomic E-state index is 12.5. The van der Waals surface area contributed by atoms with Gasteiger partial charge in [0, 0.05) is 56.1 Å². The number of thioether (sulfide) groups is 1. The van der Waals surface area contributed by atoms with Crippen molar-refractivity contribution in [2.75, 3.05) is 57.5 Å². The average molecular weight is 512 g/mol. The summed E-state index contributed by atoms with van der Waals surface area (Å²) in [6, 6.07) is 13.2. The number of hydrazone groups is 1. The molecule has 9 nitrogen and oxygen atoms in total. The van der Waals surface area contributed by atoms with E-state index >= 15 is 0 Å². The van der Waals surface area contributed by atoms with Gasteiger partial charge in [-0.3, -0.25) is 9.59 Å². The van der Waals surface area contributed by atoms with Crippen LogP contribution in [0.2, 0.25) is 0 Å². The third-order valence-corrected chi connectivity index (χ3v) is 6.89. The van der Waals surface area contributed by atoms with Crippen LogP contribution in [0.4, 0.5) is 10.5 Å². The van der Waals surface area contributed by atoms with Gasteiger partial charge in [0.25, 0.3) is 0 Å². The molecule has 2 aliphatic heterocycles. The van der Waals surface area contributed by atoms with Crippen LogP contribution in [0.1, 0.15) is 24.5 Å². The SMILES string of the molecule is CCOc1cc(C2=NN(Cc3ccc(NC(=O)CCN4CCNCC4)cc3)C(=O)SC2)ccc1OC. The zero-order valence-electron chi connectivity index (χ0n) is 20.8. The van der Waals surface area contributed by atoms with Crippen LogP contribution in [0.25, 0.3) is 0 Å². The van der Waals surface area contributed by atoms with Crippen LogP contribution in [-0.2, 0) is 11.3 Å². The molecule has 0 radical (unpaired) electrons. The van der Waals surface area contributed by atoms with Gasteiger partial charge in [0.1, 0.15) is 0 Å². The van der Waals surface area contributed by atoms with E-state index < -0.39 is 0 Å². The topological polar surface area (TPSA) is 95.5 Å². The van der Waals surface area contributed by atoms with E-state index in [1.807, 2.05) is 49.4 Å². The third kappa shape index (κ3) is 6.99. The molecule has 0 unspecified atom stereocenters. The van der Waals surface area contributed by atoms with E-state index in [4.69, 9.17) is 9.47 Å². The van der Waals surface area contributed by atoms with Crippen LogP contribution in [0.5, 0.6) is 11.5 Å². The Morgan fingerprint density at radius 2 is 1.92 bits per heavy atom. The molecule has 0 aromatic heterocycles. The van der Waals surface area contributed by atoms with Crippen molar-refractivity contribution in [3.05, 3.63) is 53.6 Å². The first-order valence-corrected chi connectivity index (χ1v) is 13.2. The van der Waals surface area contributed by atoms with Gasteiger partial charge < -0.3 is 25.0 Å². The van der Waals surface area contributed by atoms with Crippen LogP contribution in [-0.4, -0.2) is 79.0 Å². The van der Waals surface area contributed by atoms with Crippen molar-refractivity contribution in [1.82, 2.24) is 15.2 Å². The lowest BCUT2D eigenvalue weighted by atomic mass is 10.1. The first-order chi connectivity index (χ1) is 17.6. The molecule has 1 fully saturated rings. The van der Waals surface area contributed by atoms with Crippen molar-refractivity contribution in [1.29, 1.82) is 0 Å². The normalized spacial score (nSPS) is 16.4. The lowest BCUT2D eigenvalue weighted by molar-refractivity contribution is -0.116. The Kier molecular flexibility index (Phi) is 9.21. The molecule has 2 heterocycles. The highest BCUT2D eigenvalue weighted by molar-refractivity contribution is 8.14. The van der Waals surface area contributed by atoms with Gasteiger partial charge in [-0.2, -0.15) is 5.10 Å². The fourth-order valence-electron chi connectivity index (χ4n) is 4.07. The second-order valence-corrected chi connectivity index (χ2v) is 9.47. The number of carbonyl (C=O) groups is 2. The van der Waals surface area contributed by atoms with Crippen LogP contribution < -0.4 is 20.1 Å². The second-order valence-electron chi connectivity index (χ2n) is 8.54. The Bertz CT molecular complexity index is 1090. The molecule has 36 heavy (non-hydrogen) atoms. The smallest absolute Gasteiger partial charge is 0.302 e. The Labute approximate surface area is 216 Å². The van der Waals surface area contributed by atoms with Crippen molar-refractivity contribution < 1.29 is 19.1 Å². The van der Waals surface area contributed by atoms with Gasteiger partial charge in [0.15, 0.2) is 11.5 Å². The van der Waals surface area contributed by atoms with E-state index in [1.165, 1.54) is 16.8 Å². The Morgan fingerprint density at radius 1 is 1.14 bits per heavy atom. The molecule has 0 saturated carbocycles. The second kappa shape index (κ2) is 12.8. The molecular weight excluding hydrogens is 478 g/mol. The van der Waals surface area contributed by atoms with Gasteiger partial charge >= 0.3 is 5.24 Å². The number of hydrogen-bond donors (Lipinski definition) is 2. The summed E-state index contributed by atoms with van der Waals surface area (Å²) in [5, 5.41) is 12.3. The Hall–Kier alpha value is -3.08. The average Bonchev–Trinajstić information content (AvgIpc) is 2.90.